The van der Waals surface area contributed by atoms with Gasteiger partial charge in [0.1, 0.15) is 0 Å². The van der Waals surface area contributed by atoms with Crippen LogP contribution in [0.5, 0.6) is 0 Å². The zero-order valence-corrected chi connectivity index (χ0v) is 11.2. The SMILES string of the molecule is Br.[Zn].[c-]1ccc2ccccc2n1. The van der Waals surface area contributed by atoms with Gasteiger partial charge in [-0.15, -0.1) is 22.4 Å². The molecule has 0 aliphatic carbocycles. The molecule has 0 amide bonds. The summed E-state index contributed by atoms with van der Waals surface area (Å²) in [6, 6.07) is 11.8. The van der Waals surface area contributed by atoms with E-state index in [1.807, 2.05) is 36.4 Å². The maximum Gasteiger partial charge on any atom is 0 e. The second-order valence-corrected chi connectivity index (χ2v) is 2.13. The number of benzene rings is 1. The van der Waals surface area contributed by atoms with Crippen molar-refractivity contribution in [2.75, 3.05) is 0 Å². The molecule has 0 saturated carbocycles. The smallest absolute Gasteiger partial charge is 0 e. The van der Waals surface area contributed by atoms with Crippen LogP contribution >= 0.6 is 17.0 Å². The summed E-state index contributed by atoms with van der Waals surface area (Å²) in [5.41, 5.74) is 1.00. The van der Waals surface area contributed by atoms with E-state index >= 15 is 0 Å². The second kappa shape index (κ2) is 5.39. The molecule has 0 aliphatic rings. The topological polar surface area (TPSA) is 12.9 Å². The number of hydrogen-bond acceptors (Lipinski definition) is 1. The van der Waals surface area contributed by atoms with Gasteiger partial charge in [0.25, 0.3) is 0 Å². The average Bonchev–Trinajstić information content (AvgIpc) is 2.05. The van der Waals surface area contributed by atoms with Gasteiger partial charge in [-0.2, -0.15) is 12.1 Å². The second-order valence-electron chi connectivity index (χ2n) is 2.13. The van der Waals surface area contributed by atoms with Crippen molar-refractivity contribution in [3.63, 3.8) is 0 Å². The molecule has 0 N–H and O–H groups in total. The molecular weight excluding hydrogens is 267 g/mol. The van der Waals surface area contributed by atoms with E-state index < -0.39 is 0 Å². The Morgan fingerprint density at radius 1 is 1.08 bits per heavy atom. The molecule has 12 heavy (non-hydrogen) atoms. The molecule has 1 aromatic heterocycles. The maximum atomic E-state index is 4.06. The van der Waals surface area contributed by atoms with Gasteiger partial charge in [0.2, 0.25) is 0 Å². The monoisotopic (exact) mass is 272 g/mol. The molecular formula is C9H7BrNZn-. The van der Waals surface area contributed by atoms with Crippen molar-refractivity contribution in [3.8, 4) is 0 Å². The Labute approximate surface area is 94.7 Å². The first-order valence-electron chi connectivity index (χ1n) is 3.19. The quantitative estimate of drug-likeness (QED) is 0.531. The van der Waals surface area contributed by atoms with E-state index in [0.717, 1.165) is 5.52 Å². The van der Waals surface area contributed by atoms with Crippen LogP contribution < -0.4 is 0 Å². The minimum absolute atomic E-state index is 0. The predicted molar refractivity (Wildman–Crippen MR) is 50.9 cm³/mol. The fraction of sp³-hybridized carbons (Fsp3) is 0. The molecule has 0 saturated heterocycles. The zero-order valence-electron chi connectivity index (χ0n) is 6.53. The van der Waals surface area contributed by atoms with Crippen molar-refractivity contribution < 1.29 is 19.5 Å². The van der Waals surface area contributed by atoms with E-state index in [2.05, 4.69) is 11.2 Å². The molecule has 0 radical (unpaired) electrons. The van der Waals surface area contributed by atoms with Gasteiger partial charge < -0.3 is 4.98 Å². The average molecular weight is 274 g/mol. The molecule has 3 heteroatoms. The van der Waals surface area contributed by atoms with Crippen molar-refractivity contribution >= 4 is 27.9 Å². The van der Waals surface area contributed by atoms with Crippen LogP contribution in [0.2, 0.25) is 0 Å². The summed E-state index contributed by atoms with van der Waals surface area (Å²) in [5, 5.41) is 1.17. The third kappa shape index (κ3) is 2.36. The molecule has 58 valence electrons. The van der Waals surface area contributed by atoms with Gasteiger partial charge >= 0.3 is 0 Å². The van der Waals surface area contributed by atoms with E-state index in [1.54, 1.807) is 0 Å². The van der Waals surface area contributed by atoms with Crippen molar-refractivity contribution in [1.29, 1.82) is 0 Å². The van der Waals surface area contributed by atoms with E-state index in [-0.39, 0.29) is 36.5 Å². The van der Waals surface area contributed by atoms with Crippen LogP contribution in [0.4, 0.5) is 0 Å². The first kappa shape index (κ1) is 11.7. The van der Waals surface area contributed by atoms with Crippen molar-refractivity contribution in [2.45, 2.75) is 0 Å². The van der Waals surface area contributed by atoms with E-state index in [1.165, 1.54) is 5.39 Å². The number of rotatable bonds is 0. The summed E-state index contributed by atoms with van der Waals surface area (Å²) in [7, 11) is 0. The van der Waals surface area contributed by atoms with Crippen molar-refractivity contribution in [3.05, 3.63) is 42.6 Å². The molecule has 2 rings (SSSR count). The number of fused-ring (bicyclic) bond motifs is 1. The molecule has 1 nitrogen and oxygen atoms in total. The zero-order chi connectivity index (χ0) is 6.81. The Bertz CT molecular complexity index is 286. The molecule has 0 aliphatic heterocycles. The minimum atomic E-state index is 0. The largest absolute Gasteiger partial charge is 0.386 e. The Balaban J connectivity index is 0.000000605. The fourth-order valence-corrected chi connectivity index (χ4v) is 0.964. The number of hydrogen-bond donors (Lipinski definition) is 0. The molecule has 0 bridgehead atoms. The Kier molecular flexibility index (Phi) is 5.27. The fourth-order valence-electron chi connectivity index (χ4n) is 0.964. The Morgan fingerprint density at radius 3 is 2.58 bits per heavy atom. The normalized spacial score (nSPS) is 8.33. The van der Waals surface area contributed by atoms with Crippen molar-refractivity contribution in [1.82, 2.24) is 4.98 Å². The molecule has 0 atom stereocenters. The van der Waals surface area contributed by atoms with Crippen LogP contribution in [0, 0.1) is 6.20 Å². The summed E-state index contributed by atoms with van der Waals surface area (Å²) < 4.78 is 0. The number of nitrogens with zero attached hydrogens (tertiary/aromatic N) is 1. The summed E-state index contributed by atoms with van der Waals surface area (Å²) >= 11 is 0. The van der Waals surface area contributed by atoms with Gasteiger partial charge in [-0.25, -0.2) is 0 Å². The van der Waals surface area contributed by atoms with Gasteiger partial charge in [0.05, 0.1) is 0 Å². The van der Waals surface area contributed by atoms with Crippen LogP contribution in [0.25, 0.3) is 10.9 Å². The Morgan fingerprint density at radius 2 is 1.83 bits per heavy atom. The van der Waals surface area contributed by atoms with Gasteiger partial charge in [0.15, 0.2) is 0 Å². The number of pyridine rings is 1. The Hall–Kier alpha value is -0.267. The number of aromatic nitrogens is 1. The number of halogens is 1. The third-order valence-electron chi connectivity index (χ3n) is 1.46. The van der Waals surface area contributed by atoms with Gasteiger partial charge in [-0.1, -0.05) is 30.5 Å². The molecule has 1 aromatic carbocycles. The predicted octanol–water partition coefficient (Wildman–Crippen LogP) is 2.61. The van der Waals surface area contributed by atoms with Crippen LogP contribution in [-0.2, 0) is 19.5 Å². The third-order valence-corrected chi connectivity index (χ3v) is 1.46. The summed E-state index contributed by atoms with van der Waals surface area (Å²) in [5.74, 6) is 0. The first-order valence-corrected chi connectivity index (χ1v) is 3.19. The van der Waals surface area contributed by atoms with Gasteiger partial charge in [-0.05, 0) is 5.52 Å². The molecule has 0 unspecified atom stereocenters. The van der Waals surface area contributed by atoms with Crippen LogP contribution in [0.15, 0.2) is 36.4 Å². The first-order chi connectivity index (χ1) is 4.97. The molecule has 0 fully saturated rings. The molecule has 0 spiro atoms. The van der Waals surface area contributed by atoms with E-state index in [0.29, 0.717) is 0 Å². The van der Waals surface area contributed by atoms with Crippen LogP contribution in [0.3, 0.4) is 0 Å². The van der Waals surface area contributed by atoms with E-state index in [4.69, 9.17) is 0 Å². The van der Waals surface area contributed by atoms with Crippen LogP contribution in [0.1, 0.15) is 0 Å². The summed E-state index contributed by atoms with van der Waals surface area (Å²) in [4.78, 5) is 4.06. The minimum Gasteiger partial charge on any atom is -0.386 e. The molecule has 2 aromatic rings. The number of para-hydroxylation sites is 1. The van der Waals surface area contributed by atoms with Gasteiger partial charge in [0, 0.05) is 19.5 Å². The standard InChI is InChI=1S/C9H6N.BrH.Zn/c1-2-6-9-8(4-1)5-3-7-10-9;;/h1-6H;1H;/q-1;;. The summed E-state index contributed by atoms with van der Waals surface area (Å²) in [6.45, 7) is 0. The summed E-state index contributed by atoms with van der Waals surface area (Å²) in [6.07, 6.45) is 2.79. The molecule has 1 heterocycles. The maximum absolute atomic E-state index is 4.06. The van der Waals surface area contributed by atoms with Crippen molar-refractivity contribution in [2.24, 2.45) is 0 Å². The van der Waals surface area contributed by atoms with Gasteiger partial charge in [-0.3, -0.25) is 0 Å². The van der Waals surface area contributed by atoms with E-state index in [9.17, 15) is 0 Å². The van der Waals surface area contributed by atoms with Crippen LogP contribution in [-0.4, -0.2) is 4.98 Å².